The van der Waals surface area contributed by atoms with Crippen molar-refractivity contribution in [3.8, 4) is 23.0 Å². The predicted molar refractivity (Wildman–Crippen MR) is 103 cm³/mol. The molecule has 0 fully saturated rings. The third-order valence-corrected chi connectivity index (χ3v) is 6.12. The van der Waals surface area contributed by atoms with Crippen molar-refractivity contribution in [1.82, 2.24) is 0 Å². The van der Waals surface area contributed by atoms with Gasteiger partial charge in [-0.15, -0.1) is 0 Å². The Morgan fingerprint density at radius 1 is 0.821 bits per heavy atom. The summed E-state index contributed by atoms with van der Waals surface area (Å²) in [6.07, 6.45) is 0. The quantitative estimate of drug-likeness (QED) is 0.345. The Labute approximate surface area is 219 Å². The van der Waals surface area contributed by atoms with Gasteiger partial charge in [0, 0.05) is 28.8 Å². The van der Waals surface area contributed by atoms with Gasteiger partial charge in [-0.25, -0.2) is 4.79 Å². The summed E-state index contributed by atoms with van der Waals surface area (Å²) in [6, 6.07) is 13.4. The van der Waals surface area contributed by atoms with Gasteiger partial charge in [0.1, 0.15) is 23.0 Å². The van der Waals surface area contributed by atoms with Gasteiger partial charge in [0.15, 0.2) is 5.60 Å². The van der Waals surface area contributed by atoms with E-state index in [4.69, 9.17) is 9.47 Å². The smallest absolute Gasteiger partial charge is 0.507 e. The number of rotatable bonds is 0. The Bertz CT molecular complexity index is 1100. The van der Waals surface area contributed by atoms with Crippen molar-refractivity contribution in [2.24, 2.45) is 0 Å². The van der Waals surface area contributed by atoms with Crippen LogP contribution in [0, 0.1) is 0 Å². The Balaban J connectivity index is 0.00000192. The van der Waals surface area contributed by atoms with E-state index < -0.39 is 11.6 Å². The molecule has 5 nitrogen and oxygen atoms in total. The number of benzene rings is 3. The molecule has 2 aliphatic heterocycles. The molecule has 0 aliphatic carbocycles. The second-order valence-electron chi connectivity index (χ2n) is 6.32. The molecule has 3 aromatic rings. The summed E-state index contributed by atoms with van der Waals surface area (Å²) in [5.74, 6) is 0.222. The fourth-order valence-corrected chi connectivity index (χ4v) is 4.37. The largest absolute Gasteiger partial charge is 1.00 e. The normalized spacial score (nSPS) is 15.0. The summed E-state index contributed by atoms with van der Waals surface area (Å²) < 4.78 is 12.8. The second-order valence-corrected chi connectivity index (χ2v) is 8.03. The molecule has 0 amide bonds. The van der Waals surface area contributed by atoms with Crippen LogP contribution in [-0.4, -0.2) is 16.2 Å². The standard InChI is InChI=1S/C20H10Br2O5.K/c21-13-5-11-17(7-15(13)23)26-18-8-16(24)14(22)6-12(18)20(11)10-4-2-1-3-9(10)19(25)27-20;/h1-8,23-24H;/q;+1. The Morgan fingerprint density at radius 3 is 1.93 bits per heavy atom. The third kappa shape index (κ3) is 2.74. The van der Waals surface area contributed by atoms with Crippen molar-refractivity contribution in [3.63, 3.8) is 0 Å². The van der Waals surface area contributed by atoms with Crippen LogP contribution >= 0.6 is 31.9 Å². The monoisotopic (exact) mass is 527 g/mol. The first-order chi connectivity index (χ1) is 12.9. The van der Waals surface area contributed by atoms with Crippen molar-refractivity contribution in [2.45, 2.75) is 5.60 Å². The van der Waals surface area contributed by atoms with Gasteiger partial charge < -0.3 is 19.7 Å². The molecule has 134 valence electrons. The van der Waals surface area contributed by atoms with Gasteiger partial charge >= 0.3 is 57.4 Å². The van der Waals surface area contributed by atoms with Gasteiger partial charge in [0.2, 0.25) is 0 Å². The topological polar surface area (TPSA) is 76.0 Å². The number of phenolic OH excluding ortho intramolecular Hbond substituents is 2. The first-order valence-corrected chi connectivity index (χ1v) is 9.57. The molecule has 2 heterocycles. The molecule has 28 heavy (non-hydrogen) atoms. The summed E-state index contributed by atoms with van der Waals surface area (Å²) in [6.45, 7) is 0. The van der Waals surface area contributed by atoms with Crippen molar-refractivity contribution in [3.05, 3.63) is 79.7 Å². The number of phenols is 2. The summed E-state index contributed by atoms with van der Waals surface area (Å²) in [7, 11) is 0. The van der Waals surface area contributed by atoms with Crippen molar-refractivity contribution in [1.29, 1.82) is 0 Å². The summed E-state index contributed by atoms with van der Waals surface area (Å²) in [4.78, 5) is 12.7. The molecular weight excluding hydrogens is 519 g/mol. The third-order valence-electron chi connectivity index (χ3n) is 4.85. The van der Waals surface area contributed by atoms with Crippen LogP contribution in [0.1, 0.15) is 27.0 Å². The molecule has 8 heteroatoms. The zero-order valence-electron chi connectivity index (χ0n) is 14.5. The molecule has 0 saturated heterocycles. The van der Waals surface area contributed by atoms with Crippen LogP contribution in [-0.2, 0) is 10.3 Å². The summed E-state index contributed by atoms with van der Waals surface area (Å²) in [5, 5.41) is 20.2. The van der Waals surface area contributed by atoms with Crippen LogP contribution in [0.3, 0.4) is 0 Å². The molecular formula is C20H10Br2KO5+. The number of hydrogen-bond acceptors (Lipinski definition) is 5. The van der Waals surface area contributed by atoms with E-state index in [9.17, 15) is 15.0 Å². The first kappa shape index (κ1) is 20.4. The van der Waals surface area contributed by atoms with E-state index in [-0.39, 0.29) is 62.9 Å². The van der Waals surface area contributed by atoms with Gasteiger partial charge in [-0.3, -0.25) is 0 Å². The molecule has 5 rings (SSSR count). The minimum absolute atomic E-state index is 0. The number of ether oxygens (including phenoxy) is 2. The number of fused-ring (bicyclic) bond motifs is 6. The van der Waals surface area contributed by atoms with Gasteiger partial charge in [-0.2, -0.15) is 0 Å². The van der Waals surface area contributed by atoms with E-state index in [1.807, 2.05) is 12.1 Å². The molecule has 0 bridgehead atoms. The summed E-state index contributed by atoms with van der Waals surface area (Å²) in [5.41, 5.74) is 1.05. The average Bonchev–Trinajstić information content (AvgIpc) is 2.93. The molecule has 3 aromatic carbocycles. The van der Waals surface area contributed by atoms with Crippen LogP contribution in [0.15, 0.2) is 57.5 Å². The maximum atomic E-state index is 12.7. The molecule has 0 unspecified atom stereocenters. The Kier molecular flexibility index (Phi) is 5.19. The number of aromatic hydroxyl groups is 2. The van der Waals surface area contributed by atoms with Crippen LogP contribution < -0.4 is 56.1 Å². The molecule has 0 radical (unpaired) electrons. The van der Waals surface area contributed by atoms with Crippen LogP contribution in [0.4, 0.5) is 0 Å². The predicted octanol–water partition coefficient (Wildman–Crippen LogP) is 2.19. The van der Waals surface area contributed by atoms with Gasteiger partial charge in [-0.1, -0.05) is 18.2 Å². The molecule has 1 spiro atoms. The maximum absolute atomic E-state index is 12.7. The number of hydrogen-bond donors (Lipinski definition) is 2. The van der Waals surface area contributed by atoms with Crippen LogP contribution in [0.5, 0.6) is 23.0 Å². The number of carbonyl (C=O) groups excluding carboxylic acids is 1. The van der Waals surface area contributed by atoms with E-state index in [1.54, 1.807) is 24.3 Å². The minimum atomic E-state index is -1.25. The molecule has 2 N–H and O–H groups in total. The SMILES string of the molecule is O=C1OC2(c3cc(Br)c(O)cc3Oc3cc(O)c(Br)cc32)c2ccccc21.[K+]. The fourth-order valence-electron chi connectivity index (χ4n) is 3.69. The van der Waals surface area contributed by atoms with E-state index in [1.165, 1.54) is 12.1 Å². The Hall–Kier alpha value is -0.874. The van der Waals surface area contributed by atoms with Crippen molar-refractivity contribution >= 4 is 37.8 Å². The van der Waals surface area contributed by atoms with E-state index >= 15 is 0 Å². The van der Waals surface area contributed by atoms with E-state index in [0.717, 1.165) is 0 Å². The molecule has 0 aromatic heterocycles. The number of carbonyl (C=O) groups is 1. The number of halogens is 2. The summed E-state index contributed by atoms with van der Waals surface area (Å²) >= 11 is 6.66. The maximum Gasteiger partial charge on any atom is 1.00 e. The zero-order chi connectivity index (χ0) is 18.9. The zero-order valence-corrected chi connectivity index (χ0v) is 20.8. The second kappa shape index (κ2) is 7.12. The average molecular weight is 529 g/mol. The molecule has 2 aliphatic rings. The molecule has 0 saturated carbocycles. The number of esters is 1. The molecule has 0 atom stereocenters. The van der Waals surface area contributed by atoms with Gasteiger partial charge in [0.05, 0.1) is 14.5 Å². The minimum Gasteiger partial charge on any atom is -0.507 e. The van der Waals surface area contributed by atoms with E-state index in [0.29, 0.717) is 42.7 Å². The van der Waals surface area contributed by atoms with Gasteiger partial charge in [-0.05, 0) is 50.1 Å². The fraction of sp³-hybridized carbons (Fsp3) is 0.0500. The van der Waals surface area contributed by atoms with Gasteiger partial charge in [0.25, 0.3) is 0 Å². The van der Waals surface area contributed by atoms with Crippen molar-refractivity contribution in [2.75, 3.05) is 0 Å². The Morgan fingerprint density at radius 2 is 1.36 bits per heavy atom. The van der Waals surface area contributed by atoms with Crippen molar-refractivity contribution < 1.29 is 75.9 Å². The van der Waals surface area contributed by atoms with E-state index in [2.05, 4.69) is 31.9 Å². The first-order valence-electron chi connectivity index (χ1n) is 7.98. The van der Waals surface area contributed by atoms with Crippen LogP contribution in [0.2, 0.25) is 0 Å². The van der Waals surface area contributed by atoms with Crippen LogP contribution in [0.25, 0.3) is 0 Å².